The SMILES string of the molecule is O=C(NC1CC(=O)N(Cc2ccccc2)C1)c1ccccc1Cl. The summed E-state index contributed by atoms with van der Waals surface area (Å²) in [5.74, 6) is -0.187. The maximum atomic E-state index is 12.3. The van der Waals surface area contributed by atoms with E-state index in [4.69, 9.17) is 11.6 Å². The normalized spacial score (nSPS) is 17.3. The molecule has 1 aliphatic heterocycles. The van der Waals surface area contributed by atoms with Crippen molar-refractivity contribution in [2.45, 2.75) is 19.0 Å². The molecule has 0 aromatic heterocycles. The number of carbonyl (C=O) groups is 2. The molecule has 1 heterocycles. The van der Waals surface area contributed by atoms with Gasteiger partial charge in [-0.25, -0.2) is 0 Å². The standard InChI is InChI=1S/C18H17ClN2O2/c19-16-9-5-4-8-15(16)18(23)20-14-10-17(22)21(12-14)11-13-6-2-1-3-7-13/h1-9,14H,10-12H2,(H,20,23). The Kier molecular flexibility index (Phi) is 4.63. The van der Waals surface area contributed by atoms with Crippen LogP contribution in [0.5, 0.6) is 0 Å². The van der Waals surface area contributed by atoms with Crippen molar-refractivity contribution < 1.29 is 9.59 Å². The van der Waals surface area contributed by atoms with Gasteiger partial charge in [0.1, 0.15) is 0 Å². The van der Waals surface area contributed by atoms with Crippen molar-refractivity contribution in [3.8, 4) is 0 Å². The van der Waals surface area contributed by atoms with Crippen LogP contribution in [0.2, 0.25) is 5.02 Å². The van der Waals surface area contributed by atoms with Gasteiger partial charge in [-0.3, -0.25) is 9.59 Å². The van der Waals surface area contributed by atoms with Gasteiger partial charge in [0.15, 0.2) is 0 Å². The van der Waals surface area contributed by atoms with Gasteiger partial charge in [0.25, 0.3) is 5.91 Å². The minimum absolute atomic E-state index is 0.0540. The number of hydrogen-bond acceptors (Lipinski definition) is 2. The molecule has 3 rings (SSSR count). The van der Waals surface area contributed by atoms with Gasteiger partial charge in [-0.1, -0.05) is 54.1 Å². The predicted molar refractivity (Wildman–Crippen MR) is 89.2 cm³/mol. The van der Waals surface area contributed by atoms with E-state index in [1.165, 1.54) is 0 Å². The van der Waals surface area contributed by atoms with Crippen molar-refractivity contribution in [2.75, 3.05) is 6.54 Å². The number of benzene rings is 2. The number of nitrogens with one attached hydrogen (secondary N) is 1. The Morgan fingerprint density at radius 1 is 1.13 bits per heavy atom. The summed E-state index contributed by atoms with van der Waals surface area (Å²) < 4.78 is 0. The molecule has 23 heavy (non-hydrogen) atoms. The van der Waals surface area contributed by atoms with Crippen LogP contribution in [0.3, 0.4) is 0 Å². The third kappa shape index (κ3) is 3.71. The number of amides is 2. The molecule has 1 saturated heterocycles. The second kappa shape index (κ2) is 6.84. The van der Waals surface area contributed by atoms with Gasteiger partial charge >= 0.3 is 0 Å². The molecule has 118 valence electrons. The summed E-state index contributed by atoms with van der Waals surface area (Å²) in [4.78, 5) is 26.2. The molecule has 1 N–H and O–H groups in total. The summed E-state index contributed by atoms with van der Waals surface area (Å²) in [6.07, 6.45) is 0.322. The van der Waals surface area contributed by atoms with Crippen molar-refractivity contribution in [1.29, 1.82) is 0 Å². The van der Waals surface area contributed by atoms with Gasteiger partial charge in [-0.15, -0.1) is 0 Å². The molecule has 5 heteroatoms. The molecule has 2 aromatic rings. The third-order valence-electron chi connectivity index (χ3n) is 3.88. The number of carbonyl (C=O) groups excluding carboxylic acids is 2. The van der Waals surface area contributed by atoms with Crippen LogP contribution in [-0.2, 0) is 11.3 Å². The van der Waals surface area contributed by atoms with Gasteiger partial charge in [-0.2, -0.15) is 0 Å². The largest absolute Gasteiger partial charge is 0.347 e. The van der Waals surface area contributed by atoms with E-state index in [9.17, 15) is 9.59 Å². The molecule has 2 aromatic carbocycles. The molecule has 2 amide bonds. The number of likely N-dealkylation sites (tertiary alicyclic amines) is 1. The quantitative estimate of drug-likeness (QED) is 0.938. The van der Waals surface area contributed by atoms with Crippen LogP contribution in [0.1, 0.15) is 22.3 Å². The lowest BCUT2D eigenvalue weighted by Gasteiger charge is -2.17. The zero-order valence-corrected chi connectivity index (χ0v) is 13.3. The minimum Gasteiger partial charge on any atom is -0.347 e. The topological polar surface area (TPSA) is 49.4 Å². The van der Waals surface area contributed by atoms with Crippen molar-refractivity contribution in [3.05, 3.63) is 70.7 Å². The molecular weight excluding hydrogens is 312 g/mol. The average molecular weight is 329 g/mol. The molecule has 1 aliphatic rings. The number of rotatable bonds is 4. The van der Waals surface area contributed by atoms with Gasteiger partial charge in [0.2, 0.25) is 5.91 Å². The average Bonchev–Trinajstić information content (AvgIpc) is 2.88. The molecule has 0 spiro atoms. The highest BCUT2D eigenvalue weighted by atomic mass is 35.5. The first-order valence-corrected chi connectivity index (χ1v) is 7.88. The zero-order chi connectivity index (χ0) is 16.2. The van der Waals surface area contributed by atoms with Gasteiger partial charge in [0, 0.05) is 19.5 Å². The summed E-state index contributed by atoms with van der Waals surface area (Å²) in [6.45, 7) is 1.09. The lowest BCUT2D eigenvalue weighted by atomic mass is 10.2. The van der Waals surface area contributed by atoms with Gasteiger partial charge < -0.3 is 10.2 Å². The smallest absolute Gasteiger partial charge is 0.253 e. The molecule has 0 bridgehead atoms. The molecule has 0 saturated carbocycles. The Labute approximate surface area is 140 Å². The Bertz CT molecular complexity index is 718. The second-order valence-electron chi connectivity index (χ2n) is 5.61. The molecule has 0 aliphatic carbocycles. The minimum atomic E-state index is -0.241. The van der Waals surface area contributed by atoms with Crippen LogP contribution >= 0.6 is 11.6 Å². The van der Waals surface area contributed by atoms with Crippen LogP contribution in [-0.4, -0.2) is 29.3 Å². The number of hydrogen-bond donors (Lipinski definition) is 1. The van der Waals surface area contributed by atoms with E-state index < -0.39 is 0 Å². The third-order valence-corrected chi connectivity index (χ3v) is 4.21. The lowest BCUT2D eigenvalue weighted by Crippen LogP contribution is -2.37. The van der Waals surface area contributed by atoms with E-state index in [1.54, 1.807) is 29.2 Å². The molecule has 1 atom stereocenters. The fraction of sp³-hybridized carbons (Fsp3) is 0.222. The second-order valence-corrected chi connectivity index (χ2v) is 6.02. The van der Waals surface area contributed by atoms with Crippen LogP contribution in [0.25, 0.3) is 0 Å². The van der Waals surface area contributed by atoms with Crippen molar-refractivity contribution >= 4 is 23.4 Å². The molecule has 0 radical (unpaired) electrons. The monoisotopic (exact) mass is 328 g/mol. The maximum Gasteiger partial charge on any atom is 0.253 e. The zero-order valence-electron chi connectivity index (χ0n) is 12.5. The Morgan fingerprint density at radius 3 is 2.57 bits per heavy atom. The Morgan fingerprint density at radius 2 is 1.83 bits per heavy atom. The summed E-state index contributed by atoms with van der Waals surface area (Å²) in [6, 6.07) is 16.5. The summed E-state index contributed by atoms with van der Waals surface area (Å²) in [7, 11) is 0. The van der Waals surface area contributed by atoms with Crippen molar-refractivity contribution in [1.82, 2.24) is 10.2 Å². The highest BCUT2D eigenvalue weighted by molar-refractivity contribution is 6.33. The summed E-state index contributed by atoms with van der Waals surface area (Å²) in [5.41, 5.74) is 1.52. The maximum absolute atomic E-state index is 12.3. The van der Waals surface area contributed by atoms with Crippen LogP contribution in [0.15, 0.2) is 54.6 Å². The first-order valence-electron chi connectivity index (χ1n) is 7.50. The van der Waals surface area contributed by atoms with E-state index in [0.717, 1.165) is 5.56 Å². The van der Waals surface area contributed by atoms with Gasteiger partial charge in [-0.05, 0) is 17.7 Å². The molecular formula is C18H17ClN2O2. The Balaban J connectivity index is 1.62. The Hall–Kier alpha value is -2.33. The van der Waals surface area contributed by atoms with Crippen LogP contribution in [0.4, 0.5) is 0 Å². The first-order chi connectivity index (χ1) is 11.1. The lowest BCUT2D eigenvalue weighted by molar-refractivity contribution is -0.128. The van der Waals surface area contributed by atoms with Crippen LogP contribution in [0, 0.1) is 0 Å². The van der Waals surface area contributed by atoms with E-state index in [0.29, 0.717) is 30.1 Å². The highest BCUT2D eigenvalue weighted by Crippen LogP contribution is 2.18. The fourth-order valence-electron chi connectivity index (χ4n) is 2.73. The first kappa shape index (κ1) is 15.6. The van der Waals surface area contributed by atoms with E-state index in [1.807, 2.05) is 30.3 Å². The van der Waals surface area contributed by atoms with Crippen molar-refractivity contribution in [3.63, 3.8) is 0 Å². The summed E-state index contributed by atoms with van der Waals surface area (Å²) >= 11 is 6.03. The van der Waals surface area contributed by atoms with Crippen LogP contribution < -0.4 is 5.32 Å². The van der Waals surface area contributed by atoms with E-state index in [2.05, 4.69) is 5.32 Å². The predicted octanol–water partition coefficient (Wildman–Crippen LogP) is 2.87. The van der Waals surface area contributed by atoms with Crippen molar-refractivity contribution in [2.24, 2.45) is 0 Å². The molecule has 1 unspecified atom stereocenters. The number of halogens is 1. The highest BCUT2D eigenvalue weighted by Gasteiger charge is 2.30. The van der Waals surface area contributed by atoms with E-state index in [-0.39, 0.29) is 17.9 Å². The fourth-order valence-corrected chi connectivity index (χ4v) is 2.96. The van der Waals surface area contributed by atoms with Gasteiger partial charge in [0.05, 0.1) is 16.6 Å². The molecule has 1 fully saturated rings. The summed E-state index contributed by atoms with van der Waals surface area (Å²) in [5, 5.41) is 3.31. The van der Waals surface area contributed by atoms with E-state index >= 15 is 0 Å². The molecule has 4 nitrogen and oxygen atoms in total. The number of nitrogens with zero attached hydrogens (tertiary/aromatic N) is 1.